The van der Waals surface area contributed by atoms with Crippen molar-refractivity contribution in [1.29, 1.82) is 0 Å². The number of rotatable bonds is 3. The monoisotopic (exact) mass is 281 g/mol. The first-order chi connectivity index (χ1) is 9.36. The minimum absolute atomic E-state index is 0.360. The Balaban J connectivity index is 2.19. The lowest BCUT2D eigenvalue weighted by Gasteiger charge is -2.14. The summed E-state index contributed by atoms with van der Waals surface area (Å²) >= 11 is 0. The lowest BCUT2D eigenvalue weighted by Crippen LogP contribution is -2.15. The van der Waals surface area contributed by atoms with Crippen LogP contribution in [0.3, 0.4) is 0 Å². The van der Waals surface area contributed by atoms with Crippen LogP contribution in [0.4, 0.5) is 19.0 Å². The van der Waals surface area contributed by atoms with Crippen LogP contribution in [0.2, 0.25) is 0 Å². The highest BCUT2D eigenvalue weighted by Gasteiger charge is 2.30. The Hall–Kier alpha value is -2.08. The molecule has 2 rings (SSSR count). The lowest BCUT2D eigenvalue weighted by atomic mass is 9.98. The molecule has 0 saturated carbocycles. The summed E-state index contributed by atoms with van der Waals surface area (Å²) in [5.41, 5.74) is 12.1. The predicted molar refractivity (Wildman–Crippen MR) is 70.7 cm³/mol. The molecule has 3 nitrogen and oxygen atoms in total. The third-order valence-electron chi connectivity index (χ3n) is 2.94. The second-order valence-corrected chi connectivity index (χ2v) is 4.52. The largest absolute Gasteiger partial charge is 0.416 e. The number of nitrogens with zero attached hydrogens (tertiary/aromatic N) is 1. The molecule has 1 atom stereocenters. The van der Waals surface area contributed by atoms with Crippen molar-refractivity contribution in [3.63, 3.8) is 0 Å². The zero-order valence-corrected chi connectivity index (χ0v) is 10.6. The van der Waals surface area contributed by atoms with E-state index in [0.717, 1.165) is 17.7 Å². The first kappa shape index (κ1) is 14.3. The number of halogens is 3. The average molecular weight is 281 g/mol. The van der Waals surface area contributed by atoms with Crippen LogP contribution in [0.25, 0.3) is 0 Å². The van der Waals surface area contributed by atoms with E-state index in [2.05, 4.69) is 4.98 Å². The molecule has 1 heterocycles. The SMILES string of the molecule is Nc1cc(CC(N)c2cccc(C(F)(F)F)c2)ccn1. The van der Waals surface area contributed by atoms with Gasteiger partial charge >= 0.3 is 6.18 Å². The molecule has 0 aliphatic heterocycles. The molecule has 0 fully saturated rings. The van der Waals surface area contributed by atoms with Gasteiger partial charge in [0.15, 0.2) is 0 Å². The van der Waals surface area contributed by atoms with Crippen molar-refractivity contribution in [3.05, 3.63) is 59.3 Å². The normalized spacial score (nSPS) is 13.2. The highest BCUT2D eigenvalue weighted by molar-refractivity contribution is 5.34. The summed E-state index contributed by atoms with van der Waals surface area (Å²) in [6.07, 6.45) is -2.42. The van der Waals surface area contributed by atoms with Crippen molar-refractivity contribution in [3.8, 4) is 0 Å². The Morgan fingerprint density at radius 1 is 1.15 bits per heavy atom. The van der Waals surface area contributed by atoms with Crippen LogP contribution in [0.1, 0.15) is 22.7 Å². The molecule has 2 aromatic rings. The highest BCUT2D eigenvalue weighted by atomic mass is 19.4. The lowest BCUT2D eigenvalue weighted by molar-refractivity contribution is -0.137. The number of pyridine rings is 1. The van der Waals surface area contributed by atoms with E-state index in [-0.39, 0.29) is 0 Å². The van der Waals surface area contributed by atoms with E-state index in [4.69, 9.17) is 11.5 Å². The van der Waals surface area contributed by atoms with Gasteiger partial charge in [0.05, 0.1) is 5.56 Å². The summed E-state index contributed by atoms with van der Waals surface area (Å²) < 4.78 is 37.9. The van der Waals surface area contributed by atoms with Gasteiger partial charge in [0.2, 0.25) is 0 Å². The Morgan fingerprint density at radius 2 is 1.90 bits per heavy atom. The maximum atomic E-state index is 12.6. The van der Waals surface area contributed by atoms with Crippen molar-refractivity contribution in [2.45, 2.75) is 18.6 Å². The van der Waals surface area contributed by atoms with E-state index in [1.165, 1.54) is 6.07 Å². The molecule has 6 heteroatoms. The molecule has 4 N–H and O–H groups in total. The Labute approximate surface area is 114 Å². The number of nitrogens with two attached hydrogens (primary N) is 2. The van der Waals surface area contributed by atoms with Crippen LogP contribution < -0.4 is 11.5 Å². The Bertz CT molecular complexity index is 596. The Morgan fingerprint density at radius 3 is 2.55 bits per heavy atom. The van der Waals surface area contributed by atoms with Crippen molar-refractivity contribution in [2.24, 2.45) is 5.73 Å². The fourth-order valence-corrected chi connectivity index (χ4v) is 1.94. The molecule has 0 saturated heterocycles. The van der Waals surface area contributed by atoms with Gasteiger partial charge in [-0.15, -0.1) is 0 Å². The molecule has 0 amide bonds. The van der Waals surface area contributed by atoms with Gasteiger partial charge in [0.1, 0.15) is 5.82 Å². The second-order valence-electron chi connectivity index (χ2n) is 4.52. The number of benzene rings is 1. The van der Waals surface area contributed by atoms with Gasteiger partial charge in [-0.3, -0.25) is 0 Å². The van der Waals surface area contributed by atoms with E-state index in [1.807, 2.05) is 0 Å². The zero-order valence-electron chi connectivity index (χ0n) is 10.6. The van der Waals surface area contributed by atoms with E-state index in [0.29, 0.717) is 17.8 Å². The van der Waals surface area contributed by atoms with E-state index in [1.54, 1.807) is 24.4 Å². The van der Waals surface area contributed by atoms with Gasteiger partial charge in [-0.05, 0) is 41.8 Å². The fraction of sp³-hybridized carbons (Fsp3) is 0.214. The summed E-state index contributed by atoms with van der Waals surface area (Å²) in [5.74, 6) is 0.360. The van der Waals surface area contributed by atoms with Gasteiger partial charge in [0.25, 0.3) is 0 Å². The van der Waals surface area contributed by atoms with E-state index >= 15 is 0 Å². The van der Waals surface area contributed by atoms with Crippen LogP contribution in [-0.4, -0.2) is 4.98 Å². The summed E-state index contributed by atoms with van der Waals surface area (Å²) in [4.78, 5) is 3.85. The Kier molecular flexibility index (Phi) is 3.94. The maximum absolute atomic E-state index is 12.6. The molecule has 0 spiro atoms. The number of hydrogen-bond acceptors (Lipinski definition) is 3. The molecule has 1 aromatic heterocycles. The van der Waals surface area contributed by atoms with Crippen molar-refractivity contribution in [2.75, 3.05) is 5.73 Å². The molecule has 0 radical (unpaired) electrons. The van der Waals surface area contributed by atoms with Gasteiger partial charge in [-0.25, -0.2) is 4.98 Å². The summed E-state index contributed by atoms with van der Waals surface area (Å²) in [6, 6.07) is 7.93. The topological polar surface area (TPSA) is 64.9 Å². The first-order valence-electron chi connectivity index (χ1n) is 5.99. The van der Waals surface area contributed by atoms with Gasteiger partial charge in [0, 0.05) is 12.2 Å². The van der Waals surface area contributed by atoms with Gasteiger partial charge in [-0.1, -0.05) is 12.1 Å². The van der Waals surface area contributed by atoms with Gasteiger partial charge in [-0.2, -0.15) is 13.2 Å². The molecule has 0 aliphatic carbocycles. The quantitative estimate of drug-likeness (QED) is 0.909. The standard InChI is InChI=1S/C14H14F3N3/c15-14(16,17)11-3-1-2-10(8-11)12(18)6-9-4-5-20-13(19)7-9/h1-5,7-8,12H,6,18H2,(H2,19,20). The van der Waals surface area contributed by atoms with Crippen LogP contribution >= 0.6 is 0 Å². The molecule has 1 unspecified atom stereocenters. The molecule has 106 valence electrons. The van der Waals surface area contributed by atoms with Crippen LogP contribution in [0, 0.1) is 0 Å². The molecular weight excluding hydrogens is 267 g/mol. The predicted octanol–water partition coefficient (Wildman–Crippen LogP) is 2.93. The van der Waals surface area contributed by atoms with Crippen LogP contribution in [-0.2, 0) is 12.6 Å². The second kappa shape index (κ2) is 5.50. The number of anilines is 1. The average Bonchev–Trinajstić information content (AvgIpc) is 2.38. The van der Waals surface area contributed by atoms with Crippen molar-refractivity contribution < 1.29 is 13.2 Å². The minimum Gasteiger partial charge on any atom is -0.384 e. The number of hydrogen-bond donors (Lipinski definition) is 2. The third kappa shape index (κ3) is 3.48. The molecule has 0 bridgehead atoms. The fourth-order valence-electron chi connectivity index (χ4n) is 1.94. The summed E-state index contributed by atoms with van der Waals surface area (Å²) in [5, 5.41) is 0. The van der Waals surface area contributed by atoms with Crippen molar-refractivity contribution >= 4 is 5.82 Å². The van der Waals surface area contributed by atoms with E-state index < -0.39 is 17.8 Å². The minimum atomic E-state index is -4.36. The number of nitrogen functional groups attached to an aromatic ring is 1. The van der Waals surface area contributed by atoms with Crippen molar-refractivity contribution in [1.82, 2.24) is 4.98 Å². The summed E-state index contributed by atoms with van der Waals surface area (Å²) in [7, 11) is 0. The highest BCUT2D eigenvalue weighted by Crippen LogP contribution is 2.30. The third-order valence-corrected chi connectivity index (χ3v) is 2.94. The number of aromatic nitrogens is 1. The number of alkyl halides is 3. The van der Waals surface area contributed by atoms with E-state index in [9.17, 15) is 13.2 Å². The van der Waals surface area contributed by atoms with Gasteiger partial charge < -0.3 is 11.5 Å². The first-order valence-corrected chi connectivity index (χ1v) is 5.99. The molecule has 0 aliphatic rings. The smallest absolute Gasteiger partial charge is 0.384 e. The molecular formula is C14H14F3N3. The molecule has 1 aromatic carbocycles. The van der Waals surface area contributed by atoms with Crippen LogP contribution in [0.15, 0.2) is 42.6 Å². The maximum Gasteiger partial charge on any atom is 0.416 e. The summed E-state index contributed by atoms with van der Waals surface area (Å²) in [6.45, 7) is 0. The zero-order chi connectivity index (χ0) is 14.8. The molecule has 20 heavy (non-hydrogen) atoms. The van der Waals surface area contributed by atoms with Crippen LogP contribution in [0.5, 0.6) is 0 Å².